The zero-order valence-electron chi connectivity index (χ0n) is 19.3. The fourth-order valence-electron chi connectivity index (χ4n) is 5.36. The standard InChI is InChI=1S/C27H28N4O3/c1-16-5-8-20-19(3-2-4-22(20)28-16)21-13-18-15-30(27(34)23-9-10-25(32)29-23)12-11-24(18)31(26(21)33)14-17-6-7-17/h2-5,8,13,17,23H,6-7,9-12,14-15H2,1H3,(H,29,32)/t23-/m0/s1. The van der Waals surface area contributed by atoms with Crippen LogP contribution in [0.4, 0.5) is 0 Å². The number of aryl methyl sites for hydroxylation is 1. The van der Waals surface area contributed by atoms with Crippen LogP contribution in [0.1, 0.15) is 42.6 Å². The van der Waals surface area contributed by atoms with Crippen LogP contribution in [0.25, 0.3) is 22.0 Å². The zero-order valence-corrected chi connectivity index (χ0v) is 19.3. The molecule has 7 heteroatoms. The van der Waals surface area contributed by atoms with Crippen molar-refractivity contribution in [3.05, 3.63) is 63.7 Å². The van der Waals surface area contributed by atoms with E-state index in [0.717, 1.165) is 52.8 Å². The van der Waals surface area contributed by atoms with Gasteiger partial charge in [0.05, 0.1) is 5.52 Å². The lowest BCUT2D eigenvalue weighted by Crippen LogP contribution is -2.47. The molecule has 0 unspecified atom stereocenters. The Hall–Kier alpha value is -3.48. The van der Waals surface area contributed by atoms with E-state index in [2.05, 4.69) is 10.3 Å². The summed E-state index contributed by atoms with van der Waals surface area (Å²) in [6.45, 7) is 3.73. The van der Waals surface area contributed by atoms with E-state index in [-0.39, 0.29) is 17.4 Å². The molecule has 34 heavy (non-hydrogen) atoms. The number of carbonyl (C=O) groups excluding carboxylic acids is 2. The molecule has 174 valence electrons. The van der Waals surface area contributed by atoms with E-state index >= 15 is 0 Å². The number of carbonyl (C=O) groups is 2. The molecule has 3 aliphatic rings. The van der Waals surface area contributed by atoms with E-state index in [9.17, 15) is 14.4 Å². The van der Waals surface area contributed by atoms with Crippen molar-refractivity contribution in [3.8, 4) is 11.1 Å². The maximum atomic E-state index is 13.8. The molecule has 1 saturated carbocycles. The maximum absolute atomic E-state index is 13.8. The van der Waals surface area contributed by atoms with E-state index in [1.165, 1.54) is 0 Å². The predicted octanol–water partition coefficient (Wildman–Crippen LogP) is 2.95. The van der Waals surface area contributed by atoms with Gasteiger partial charge in [0.1, 0.15) is 6.04 Å². The monoisotopic (exact) mass is 456 g/mol. The first kappa shape index (κ1) is 21.1. The van der Waals surface area contributed by atoms with E-state index < -0.39 is 6.04 Å². The van der Waals surface area contributed by atoms with Crippen LogP contribution in [0.15, 0.2) is 41.2 Å². The third-order valence-corrected chi connectivity index (χ3v) is 7.37. The number of rotatable bonds is 4. The Balaban J connectivity index is 1.44. The number of nitrogens with zero attached hydrogens (tertiary/aromatic N) is 3. The van der Waals surface area contributed by atoms with E-state index in [4.69, 9.17) is 0 Å². The van der Waals surface area contributed by atoms with Gasteiger partial charge in [0.25, 0.3) is 5.56 Å². The topological polar surface area (TPSA) is 84.3 Å². The van der Waals surface area contributed by atoms with Crippen LogP contribution in [0, 0.1) is 12.8 Å². The lowest BCUT2D eigenvalue weighted by molar-refractivity contribution is -0.135. The molecule has 2 amide bonds. The molecule has 1 aromatic carbocycles. The minimum absolute atomic E-state index is 0.0252. The second-order valence-corrected chi connectivity index (χ2v) is 9.88. The van der Waals surface area contributed by atoms with Crippen molar-refractivity contribution in [3.63, 3.8) is 0 Å². The van der Waals surface area contributed by atoms with Gasteiger partial charge in [-0.2, -0.15) is 0 Å². The Morgan fingerprint density at radius 1 is 1.09 bits per heavy atom. The molecule has 7 nitrogen and oxygen atoms in total. The quantitative estimate of drug-likeness (QED) is 0.654. The average molecular weight is 457 g/mol. The van der Waals surface area contributed by atoms with E-state index in [0.29, 0.717) is 43.8 Å². The molecular weight excluding hydrogens is 428 g/mol. The molecule has 1 N–H and O–H groups in total. The van der Waals surface area contributed by atoms with Gasteiger partial charge in [-0.15, -0.1) is 0 Å². The summed E-state index contributed by atoms with van der Waals surface area (Å²) in [5.41, 5.74) is 5.48. The van der Waals surface area contributed by atoms with Crippen LogP contribution in [0.5, 0.6) is 0 Å². The summed E-state index contributed by atoms with van der Waals surface area (Å²) in [4.78, 5) is 45.0. The number of hydrogen-bond acceptors (Lipinski definition) is 4. The number of aromatic nitrogens is 2. The molecule has 3 aromatic rings. The second kappa shape index (κ2) is 8.08. The van der Waals surface area contributed by atoms with Gasteiger partial charge in [-0.1, -0.05) is 18.2 Å². The minimum Gasteiger partial charge on any atom is -0.344 e. The molecule has 2 aromatic heterocycles. The highest BCUT2D eigenvalue weighted by atomic mass is 16.2. The number of nitrogens with one attached hydrogen (secondary N) is 1. The van der Waals surface area contributed by atoms with Gasteiger partial charge in [-0.25, -0.2) is 0 Å². The van der Waals surface area contributed by atoms with Crippen LogP contribution < -0.4 is 10.9 Å². The summed E-state index contributed by atoms with van der Waals surface area (Å²) in [6.07, 6.45) is 3.93. The van der Waals surface area contributed by atoms with Crippen molar-refractivity contribution >= 4 is 22.7 Å². The smallest absolute Gasteiger partial charge is 0.258 e. The third kappa shape index (κ3) is 3.69. The van der Waals surface area contributed by atoms with Gasteiger partial charge >= 0.3 is 0 Å². The molecule has 6 rings (SSSR count). The van der Waals surface area contributed by atoms with Gasteiger partial charge in [0.15, 0.2) is 0 Å². The predicted molar refractivity (Wildman–Crippen MR) is 129 cm³/mol. The van der Waals surface area contributed by atoms with Gasteiger partial charge < -0.3 is 14.8 Å². The molecule has 0 radical (unpaired) electrons. The Labute approximate surface area is 197 Å². The number of pyridine rings is 2. The SMILES string of the molecule is Cc1ccc2c(-c3cc4c(n(CC5CC5)c3=O)CCN(C(=O)[C@@H]3CCC(=O)N3)C4)cccc2n1. The Kier molecular flexibility index (Phi) is 5.01. The largest absolute Gasteiger partial charge is 0.344 e. The molecule has 0 bridgehead atoms. The Morgan fingerprint density at radius 3 is 2.71 bits per heavy atom. The summed E-state index contributed by atoms with van der Waals surface area (Å²) in [5.74, 6) is 0.473. The summed E-state index contributed by atoms with van der Waals surface area (Å²) in [7, 11) is 0. The Bertz CT molecular complexity index is 1390. The fourth-order valence-corrected chi connectivity index (χ4v) is 5.36. The number of fused-ring (bicyclic) bond motifs is 2. The molecule has 1 aliphatic carbocycles. The van der Waals surface area contributed by atoms with Crippen molar-refractivity contribution in [2.45, 2.75) is 58.2 Å². The summed E-state index contributed by atoms with van der Waals surface area (Å²) >= 11 is 0. The molecule has 2 aliphatic heterocycles. The maximum Gasteiger partial charge on any atom is 0.258 e. The number of amides is 2. The molecule has 0 spiro atoms. The van der Waals surface area contributed by atoms with Gasteiger partial charge in [0, 0.05) is 54.8 Å². The average Bonchev–Trinajstić information content (AvgIpc) is 3.56. The van der Waals surface area contributed by atoms with Crippen LogP contribution >= 0.6 is 0 Å². The third-order valence-electron chi connectivity index (χ3n) is 7.37. The first-order valence-electron chi connectivity index (χ1n) is 12.2. The molecule has 2 fully saturated rings. The van der Waals surface area contributed by atoms with Crippen molar-refractivity contribution in [1.29, 1.82) is 0 Å². The molecule has 1 saturated heterocycles. The second-order valence-electron chi connectivity index (χ2n) is 9.88. The minimum atomic E-state index is -0.432. The van der Waals surface area contributed by atoms with Gasteiger partial charge in [0.2, 0.25) is 11.8 Å². The molecular formula is C27H28N4O3. The summed E-state index contributed by atoms with van der Waals surface area (Å²) in [5, 5.41) is 3.76. The molecule has 1 atom stereocenters. The van der Waals surface area contributed by atoms with Crippen molar-refractivity contribution in [1.82, 2.24) is 19.8 Å². The van der Waals surface area contributed by atoms with Crippen molar-refractivity contribution < 1.29 is 9.59 Å². The Morgan fingerprint density at radius 2 is 1.94 bits per heavy atom. The van der Waals surface area contributed by atoms with Crippen molar-refractivity contribution in [2.24, 2.45) is 5.92 Å². The lowest BCUT2D eigenvalue weighted by atomic mass is 9.96. The van der Waals surface area contributed by atoms with Crippen LogP contribution in [-0.4, -0.2) is 38.9 Å². The lowest BCUT2D eigenvalue weighted by Gasteiger charge is -2.32. The van der Waals surface area contributed by atoms with Gasteiger partial charge in [-0.3, -0.25) is 19.4 Å². The first-order chi connectivity index (χ1) is 16.5. The van der Waals surface area contributed by atoms with Crippen LogP contribution in [0.3, 0.4) is 0 Å². The highest BCUT2D eigenvalue weighted by molar-refractivity contribution is 5.95. The summed E-state index contributed by atoms with van der Waals surface area (Å²) in [6, 6.07) is 11.5. The highest BCUT2D eigenvalue weighted by Crippen LogP contribution is 2.33. The van der Waals surface area contributed by atoms with E-state index in [1.807, 2.05) is 52.8 Å². The highest BCUT2D eigenvalue weighted by Gasteiger charge is 2.34. The summed E-state index contributed by atoms with van der Waals surface area (Å²) < 4.78 is 1.97. The van der Waals surface area contributed by atoms with E-state index in [1.54, 1.807) is 0 Å². The molecule has 4 heterocycles. The number of benzene rings is 1. The first-order valence-corrected chi connectivity index (χ1v) is 12.2. The van der Waals surface area contributed by atoms with Crippen LogP contribution in [0.2, 0.25) is 0 Å². The zero-order chi connectivity index (χ0) is 23.4. The normalized spacial score (nSPS) is 19.9. The van der Waals surface area contributed by atoms with Gasteiger partial charge in [-0.05, 0) is 61.4 Å². The van der Waals surface area contributed by atoms with Crippen molar-refractivity contribution in [2.75, 3.05) is 6.54 Å². The number of hydrogen-bond donors (Lipinski definition) is 1. The van der Waals surface area contributed by atoms with Crippen LogP contribution in [-0.2, 0) is 29.1 Å². The fraction of sp³-hybridized carbons (Fsp3) is 0.407.